The van der Waals surface area contributed by atoms with E-state index in [1.807, 2.05) is 0 Å². The fourth-order valence-electron chi connectivity index (χ4n) is 0.554. The Balaban J connectivity index is 0. The molecule has 0 aromatic heterocycles. The molecule has 60 valence electrons. The fourth-order valence-corrected chi connectivity index (χ4v) is 0.554. The predicted octanol–water partition coefficient (Wildman–Crippen LogP) is -3.56. The molecule has 3 nitrogen and oxygen atoms in total. The molecule has 0 aliphatic heterocycles. The average molecular weight is 196 g/mol. The van der Waals surface area contributed by atoms with Gasteiger partial charge in [-0.3, -0.25) is 0 Å². The van der Waals surface area contributed by atoms with Crippen molar-refractivity contribution in [3.8, 4) is 0 Å². The molecule has 0 aromatic carbocycles. The zero-order valence-corrected chi connectivity index (χ0v) is 8.79. The summed E-state index contributed by atoms with van der Waals surface area (Å²) in [5.74, 6) is -3.55. The number of alkyl halides is 3. The molecule has 0 bridgehead atoms. The van der Waals surface area contributed by atoms with Gasteiger partial charge in [0.1, 0.15) is 6.10 Å². The number of halogens is 3. The number of hydrogen-bond acceptors (Lipinski definition) is 3. The molecule has 2 N–H and O–H groups in total. The molecule has 1 rings (SSSR count). The van der Waals surface area contributed by atoms with Crippen molar-refractivity contribution in [2.24, 2.45) is 0 Å². The van der Waals surface area contributed by atoms with Crippen molar-refractivity contribution in [3.63, 3.8) is 0 Å². The molecule has 0 amide bonds. The van der Waals surface area contributed by atoms with Crippen LogP contribution in [0.3, 0.4) is 0 Å². The predicted molar refractivity (Wildman–Crippen MR) is 26.0 cm³/mol. The van der Waals surface area contributed by atoms with Crippen LogP contribution in [-0.2, 0) is 4.65 Å². The Hall–Kier alpha value is 1.37. The van der Waals surface area contributed by atoms with E-state index in [1.165, 1.54) is 0 Å². The summed E-state index contributed by atoms with van der Waals surface area (Å²) in [4.78, 5) is 0. The van der Waals surface area contributed by atoms with Crippen LogP contribution < -0.4 is 51.4 Å². The molecule has 8 heteroatoms. The third-order valence-electron chi connectivity index (χ3n) is 1.17. The van der Waals surface area contributed by atoms with Crippen molar-refractivity contribution in [2.45, 2.75) is 18.2 Å². The summed E-state index contributed by atoms with van der Waals surface area (Å²) in [6.45, 7) is 0. The maximum atomic E-state index is 11.8. The third-order valence-corrected chi connectivity index (χ3v) is 1.17. The summed E-state index contributed by atoms with van der Waals surface area (Å²) in [5.41, 5.74) is 0. The Bertz CT molecular complexity index is 151. The molecule has 0 heterocycles. The summed E-state index contributed by atoms with van der Waals surface area (Å²) in [6, 6.07) is 0. The molecule has 0 aromatic rings. The van der Waals surface area contributed by atoms with E-state index < -0.39 is 25.5 Å². The van der Waals surface area contributed by atoms with E-state index in [4.69, 9.17) is 10.0 Å². The second kappa shape index (κ2) is 4.05. The van der Waals surface area contributed by atoms with E-state index in [-0.39, 0.29) is 52.8 Å². The van der Waals surface area contributed by atoms with E-state index in [2.05, 4.69) is 4.65 Å². The van der Waals surface area contributed by atoms with Gasteiger partial charge in [-0.1, -0.05) is 0 Å². The molecular weight excluding hydrogens is 191 g/mol. The Morgan fingerprint density at radius 1 is 1.45 bits per heavy atom. The van der Waals surface area contributed by atoms with Crippen molar-refractivity contribution in [1.82, 2.24) is 0 Å². The first-order valence-electron chi connectivity index (χ1n) is 2.49. The molecule has 2 unspecified atom stereocenters. The smallest absolute Gasteiger partial charge is 1.00 e. The summed E-state index contributed by atoms with van der Waals surface area (Å²) < 4.78 is 39.1. The van der Waals surface area contributed by atoms with Gasteiger partial charge in [0.25, 0.3) is 0 Å². The minimum Gasteiger partial charge on any atom is -1.00 e. The van der Waals surface area contributed by atoms with Crippen LogP contribution in [0.15, 0.2) is 0 Å². The van der Waals surface area contributed by atoms with Gasteiger partial charge in [-0.05, 0) is 0 Å². The Morgan fingerprint density at radius 2 is 1.82 bits per heavy atom. The van der Waals surface area contributed by atoms with Crippen molar-refractivity contribution < 1.29 is 80.7 Å². The van der Waals surface area contributed by atoms with Gasteiger partial charge in [-0.15, -0.1) is 0 Å². The van der Waals surface area contributed by atoms with Gasteiger partial charge in [-0.2, -0.15) is 0 Å². The molecule has 11 heavy (non-hydrogen) atoms. The first kappa shape index (κ1) is 12.4. The molecule has 1 aliphatic rings. The number of rotatable bonds is 2. The van der Waals surface area contributed by atoms with Crippen molar-refractivity contribution in [2.75, 3.05) is 0 Å². The molecule has 2 atom stereocenters. The fraction of sp³-hybridized carbons (Fsp3) is 1.00. The van der Waals surface area contributed by atoms with Gasteiger partial charge in [0.15, 0.2) is 6.17 Å². The van der Waals surface area contributed by atoms with Crippen LogP contribution in [0.2, 0.25) is 0 Å². The van der Waals surface area contributed by atoms with Gasteiger partial charge >= 0.3 is 64.6 Å². The SMILES string of the molecule is OB(O)OC1C(F)C1(F)F.[H-].[K+]. The largest absolute Gasteiger partial charge is 1.00 e. The normalized spacial score (nSPS) is 32.5. The second-order valence-corrected chi connectivity index (χ2v) is 1.96. The summed E-state index contributed by atoms with van der Waals surface area (Å²) >= 11 is 0. The molecule has 0 saturated heterocycles. The zero-order chi connectivity index (χ0) is 7.94. The standard InChI is InChI=1S/C3H4BF3O3.K.H/c5-1-2(3(1,6)7)10-4(8)9;;/h1-2,8-9H;;/q;+1;-1. The van der Waals surface area contributed by atoms with E-state index >= 15 is 0 Å². The van der Waals surface area contributed by atoms with E-state index in [1.54, 1.807) is 0 Å². The topological polar surface area (TPSA) is 49.7 Å². The van der Waals surface area contributed by atoms with Gasteiger partial charge < -0.3 is 16.1 Å². The average Bonchev–Trinajstić information content (AvgIpc) is 2.17. The van der Waals surface area contributed by atoms with Crippen LogP contribution in [0.4, 0.5) is 13.2 Å². The van der Waals surface area contributed by atoms with E-state index in [9.17, 15) is 13.2 Å². The summed E-state index contributed by atoms with van der Waals surface area (Å²) in [7, 11) is -2.34. The monoisotopic (exact) mass is 196 g/mol. The van der Waals surface area contributed by atoms with Crippen LogP contribution in [0.1, 0.15) is 1.43 Å². The van der Waals surface area contributed by atoms with Crippen LogP contribution in [0, 0.1) is 0 Å². The molecule has 1 aliphatic carbocycles. The van der Waals surface area contributed by atoms with Crippen molar-refractivity contribution in [3.05, 3.63) is 0 Å². The number of hydrogen-bond donors (Lipinski definition) is 2. The van der Waals surface area contributed by atoms with Crippen LogP contribution in [0.5, 0.6) is 0 Å². The quantitative estimate of drug-likeness (QED) is 0.449. The van der Waals surface area contributed by atoms with E-state index in [0.29, 0.717) is 0 Å². The molecule has 0 spiro atoms. The van der Waals surface area contributed by atoms with Gasteiger partial charge in [-0.25, -0.2) is 13.2 Å². The van der Waals surface area contributed by atoms with Crippen LogP contribution >= 0.6 is 0 Å². The van der Waals surface area contributed by atoms with Crippen molar-refractivity contribution >= 4 is 7.32 Å². The zero-order valence-electron chi connectivity index (χ0n) is 6.67. The minimum atomic E-state index is -3.55. The molecule has 1 fully saturated rings. The maximum Gasteiger partial charge on any atom is 1.00 e. The van der Waals surface area contributed by atoms with Gasteiger partial charge in [0.05, 0.1) is 0 Å². The minimum absolute atomic E-state index is 0. The summed E-state index contributed by atoms with van der Waals surface area (Å²) in [6.07, 6.45) is -4.40. The van der Waals surface area contributed by atoms with Crippen molar-refractivity contribution in [1.29, 1.82) is 0 Å². The second-order valence-electron chi connectivity index (χ2n) is 1.96. The Morgan fingerprint density at radius 3 is 1.91 bits per heavy atom. The Kier molecular flexibility index (Phi) is 4.56. The van der Waals surface area contributed by atoms with E-state index in [0.717, 1.165) is 0 Å². The molecular formula is C3H5BF3KO3. The molecule has 0 radical (unpaired) electrons. The third kappa shape index (κ3) is 2.66. The first-order valence-corrected chi connectivity index (χ1v) is 2.49. The van der Waals surface area contributed by atoms with Gasteiger partial charge in [0.2, 0.25) is 0 Å². The summed E-state index contributed by atoms with van der Waals surface area (Å²) in [5, 5.41) is 15.9. The molecule has 1 saturated carbocycles. The first-order chi connectivity index (χ1) is 4.46. The maximum absolute atomic E-state index is 11.8. The van der Waals surface area contributed by atoms with Crippen LogP contribution in [-0.4, -0.2) is 35.6 Å². The van der Waals surface area contributed by atoms with Gasteiger partial charge in [0, 0.05) is 0 Å². The Labute approximate surface area is 105 Å². The van der Waals surface area contributed by atoms with Crippen LogP contribution in [0.25, 0.3) is 0 Å².